The zero-order valence-corrected chi connectivity index (χ0v) is 21.7. The smallest absolute Gasteiger partial charge is 0.161 e. The summed E-state index contributed by atoms with van der Waals surface area (Å²) in [5.74, 6) is 0.951. The third kappa shape index (κ3) is 7.85. The maximum atomic E-state index is 11.1. The molecule has 8 nitrogen and oxygen atoms in total. The van der Waals surface area contributed by atoms with E-state index in [0.29, 0.717) is 89.4 Å². The van der Waals surface area contributed by atoms with Crippen molar-refractivity contribution in [2.45, 2.75) is 12.8 Å². The molecule has 1 aliphatic heterocycles. The Labute approximate surface area is 223 Å². The molecule has 2 N–H and O–H groups in total. The summed E-state index contributed by atoms with van der Waals surface area (Å²) in [4.78, 5) is 0. The lowest BCUT2D eigenvalue weighted by Gasteiger charge is -2.17. The Hall–Kier alpha value is -3.30. The highest BCUT2D eigenvalue weighted by Crippen LogP contribution is 2.39. The van der Waals surface area contributed by atoms with Crippen LogP contribution in [0, 0.1) is 0 Å². The fourth-order valence-corrected chi connectivity index (χ4v) is 4.26. The van der Waals surface area contributed by atoms with Gasteiger partial charge in [0, 0.05) is 11.1 Å². The number of ether oxygens (including phenoxy) is 6. The minimum absolute atomic E-state index is 0.0775. The monoisotopic (exact) mass is 524 g/mol. The summed E-state index contributed by atoms with van der Waals surface area (Å²) in [6.45, 7) is 8.31. The average molecular weight is 525 g/mol. The summed E-state index contributed by atoms with van der Waals surface area (Å²) in [5, 5.41) is 23.8. The first-order chi connectivity index (χ1) is 18.6. The fraction of sp³-hybridized carbons (Fsp3) is 0.400. The number of rotatable bonds is 0. The Balaban J connectivity index is 1.51. The molecule has 3 aromatic carbocycles. The van der Waals surface area contributed by atoms with E-state index in [1.54, 1.807) is 6.07 Å². The van der Waals surface area contributed by atoms with Crippen molar-refractivity contribution in [1.82, 2.24) is 0 Å². The molecule has 0 spiro atoms. The van der Waals surface area contributed by atoms with Gasteiger partial charge < -0.3 is 38.6 Å². The molecule has 204 valence electrons. The van der Waals surface area contributed by atoms with Gasteiger partial charge in [0.25, 0.3) is 0 Å². The number of para-hydroxylation sites is 1. The van der Waals surface area contributed by atoms with E-state index in [4.69, 9.17) is 28.4 Å². The molecule has 0 amide bonds. The molecule has 0 radical (unpaired) electrons. The Bertz CT molecular complexity index is 1190. The molecule has 8 heteroatoms. The van der Waals surface area contributed by atoms with E-state index in [1.165, 1.54) is 0 Å². The molecule has 0 fully saturated rings. The standard InChI is InChI=1S/C30H36O8/c1-22-19-24-6-4-8-27(29(24)31)37-17-15-35-13-11-33-9-10-34-12-14-36-16-18-38-28-21-23-5-2-3-7-25(23)26(20-22)30(28)32/h2-8,21,31-32H,1,9-20H2. The first kappa shape index (κ1) is 27.7. The maximum absolute atomic E-state index is 11.1. The number of fused-ring (bicyclic) bond motifs is 6. The summed E-state index contributed by atoms with van der Waals surface area (Å²) in [6.07, 6.45) is 0.837. The van der Waals surface area contributed by atoms with Crippen LogP contribution in [0.4, 0.5) is 0 Å². The van der Waals surface area contributed by atoms with Crippen LogP contribution in [-0.4, -0.2) is 76.3 Å². The van der Waals surface area contributed by atoms with E-state index < -0.39 is 0 Å². The van der Waals surface area contributed by atoms with Crippen molar-refractivity contribution >= 4 is 10.8 Å². The summed E-state index contributed by atoms with van der Waals surface area (Å²) < 4.78 is 33.8. The van der Waals surface area contributed by atoms with Crippen LogP contribution < -0.4 is 9.47 Å². The molecule has 4 rings (SSSR count). The van der Waals surface area contributed by atoms with Gasteiger partial charge in [0.05, 0.1) is 52.9 Å². The van der Waals surface area contributed by atoms with Crippen LogP contribution in [0.15, 0.2) is 60.7 Å². The minimum Gasteiger partial charge on any atom is -0.504 e. The highest BCUT2D eigenvalue weighted by Gasteiger charge is 2.16. The molecular weight excluding hydrogens is 488 g/mol. The van der Waals surface area contributed by atoms with Gasteiger partial charge in [-0.05, 0) is 35.7 Å². The first-order valence-electron chi connectivity index (χ1n) is 12.9. The van der Waals surface area contributed by atoms with Gasteiger partial charge in [0.15, 0.2) is 23.0 Å². The summed E-state index contributed by atoms with van der Waals surface area (Å²) in [6, 6.07) is 15.1. The zero-order chi connectivity index (χ0) is 26.6. The van der Waals surface area contributed by atoms with Crippen LogP contribution in [0.3, 0.4) is 0 Å². The second kappa shape index (κ2) is 14.6. The second-order valence-corrected chi connectivity index (χ2v) is 8.94. The topological polar surface area (TPSA) is 95.8 Å². The number of allylic oxidation sites excluding steroid dienone is 1. The van der Waals surface area contributed by atoms with E-state index in [-0.39, 0.29) is 18.1 Å². The Kier molecular flexibility index (Phi) is 10.6. The Morgan fingerprint density at radius 3 is 1.82 bits per heavy atom. The fourth-order valence-electron chi connectivity index (χ4n) is 4.26. The van der Waals surface area contributed by atoms with Gasteiger partial charge >= 0.3 is 0 Å². The van der Waals surface area contributed by atoms with Gasteiger partial charge in [0.1, 0.15) is 13.2 Å². The van der Waals surface area contributed by atoms with E-state index in [2.05, 4.69) is 6.58 Å². The number of aromatic hydroxyl groups is 2. The highest BCUT2D eigenvalue weighted by atomic mass is 16.6. The molecule has 0 saturated heterocycles. The molecule has 4 bridgehead atoms. The quantitative estimate of drug-likeness (QED) is 0.417. The number of phenolic OH excluding ortho intramolecular Hbond substituents is 2. The number of benzene rings is 3. The van der Waals surface area contributed by atoms with Crippen LogP contribution in [-0.2, 0) is 31.8 Å². The molecule has 0 atom stereocenters. The number of hydrogen-bond donors (Lipinski definition) is 2. The molecular formula is C30H36O8. The van der Waals surface area contributed by atoms with Crippen LogP contribution in [0.5, 0.6) is 23.0 Å². The van der Waals surface area contributed by atoms with Crippen LogP contribution in [0.1, 0.15) is 11.1 Å². The van der Waals surface area contributed by atoms with Gasteiger partial charge in [0.2, 0.25) is 0 Å². The van der Waals surface area contributed by atoms with E-state index >= 15 is 0 Å². The van der Waals surface area contributed by atoms with Gasteiger partial charge in [-0.2, -0.15) is 0 Å². The number of phenols is 2. The van der Waals surface area contributed by atoms with Crippen molar-refractivity contribution in [3.63, 3.8) is 0 Å². The molecule has 1 aliphatic rings. The third-order valence-corrected chi connectivity index (χ3v) is 6.13. The van der Waals surface area contributed by atoms with Crippen LogP contribution in [0.2, 0.25) is 0 Å². The zero-order valence-electron chi connectivity index (χ0n) is 21.7. The van der Waals surface area contributed by atoms with Crippen molar-refractivity contribution < 1.29 is 38.6 Å². The predicted molar refractivity (Wildman–Crippen MR) is 145 cm³/mol. The van der Waals surface area contributed by atoms with Crippen LogP contribution >= 0.6 is 0 Å². The molecule has 0 aliphatic carbocycles. The Morgan fingerprint density at radius 1 is 0.579 bits per heavy atom. The minimum atomic E-state index is 0.0775. The lowest BCUT2D eigenvalue weighted by molar-refractivity contribution is -0.00709. The van der Waals surface area contributed by atoms with E-state index in [9.17, 15) is 10.2 Å². The van der Waals surface area contributed by atoms with Crippen molar-refractivity contribution in [3.05, 3.63) is 71.8 Å². The van der Waals surface area contributed by atoms with E-state index in [1.807, 2.05) is 42.5 Å². The van der Waals surface area contributed by atoms with Crippen molar-refractivity contribution in [1.29, 1.82) is 0 Å². The van der Waals surface area contributed by atoms with Crippen molar-refractivity contribution in [3.8, 4) is 23.0 Å². The lowest BCUT2D eigenvalue weighted by Crippen LogP contribution is -2.14. The predicted octanol–water partition coefficient (Wildman–Crippen LogP) is 4.43. The molecule has 0 saturated carbocycles. The second-order valence-electron chi connectivity index (χ2n) is 8.94. The molecule has 38 heavy (non-hydrogen) atoms. The van der Waals surface area contributed by atoms with Crippen molar-refractivity contribution in [2.24, 2.45) is 0 Å². The summed E-state index contributed by atoms with van der Waals surface area (Å²) in [5.41, 5.74) is 2.25. The average Bonchev–Trinajstić information content (AvgIpc) is 2.92. The molecule has 1 heterocycles. The van der Waals surface area contributed by atoms with Gasteiger partial charge in [-0.15, -0.1) is 0 Å². The largest absolute Gasteiger partial charge is 0.504 e. The lowest BCUT2D eigenvalue weighted by atomic mass is 9.94. The van der Waals surface area contributed by atoms with Gasteiger partial charge in [-0.3, -0.25) is 0 Å². The summed E-state index contributed by atoms with van der Waals surface area (Å²) >= 11 is 0. The van der Waals surface area contributed by atoms with Gasteiger partial charge in [-0.1, -0.05) is 48.6 Å². The molecule has 3 aromatic rings. The van der Waals surface area contributed by atoms with Gasteiger partial charge in [-0.25, -0.2) is 0 Å². The normalized spacial score (nSPS) is 17.5. The van der Waals surface area contributed by atoms with Crippen LogP contribution in [0.25, 0.3) is 10.8 Å². The first-order valence-corrected chi connectivity index (χ1v) is 12.9. The molecule has 0 unspecified atom stereocenters. The third-order valence-electron chi connectivity index (χ3n) is 6.13. The number of hydrogen-bond acceptors (Lipinski definition) is 8. The SMILES string of the molecule is C=C1Cc2cccc(c2O)OCCOCCOCCOCCOCCOc2cc3ccccc3c(c2O)C1. The Morgan fingerprint density at radius 2 is 1.16 bits per heavy atom. The molecule has 0 aromatic heterocycles. The summed E-state index contributed by atoms with van der Waals surface area (Å²) in [7, 11) is 0. The van der Waals surface area contributed by atoms with Crippen molar-refractivity contribution in [2.75, 3.05) is 66.1 Å². The highest BCUT2D eigenvalue weighted by molar-refractivity contribution is 5.90. The maximum Gasteiger partial charge on any atom is 0.161 e. The van der Waals surface area contributed by atoms with E-state index in [0.717, 1.165) is 21.9 Å².